The average Bonchev–Trinajstić information content (AvgIpc) is 2.31. The summed E-state index contributed by atoms with van der Waals surface area (Å²) in [6.07, 6.45) is -0.0717. The first-order chi connectivity index (χ1) is 8.36. The van der Waals surface area contributed by atoms with E-state index in [4.69, 9.17) is 16.7 Å². The van der Waals surface area contributed by atoms with Gasteiger partial charge in [-0.05, 0) is 18.1 Å². The number of carbonyl (C=O) groups excluding carboxylic acids is 1. The molecule has 9 heteroatoms. The number of amides is 1. The highest BCUT2D eigenvalue weighted by Crippen LogP contribution is 2.33. The molecule has 1 aromatic rings. The molecule has 1 atom stereocenters. The Hall–Kier alpha value is -2.39. The molecular formula is C9H12N4O5. The van der Waals surface area contributed by atoms with E-state index in [0.29, 0.717) is 5.56 Å². The lowest BCUT2D eigenvalue weighted by atomic mass is 10.0. The van der Waals surface area contributed by atoms with Crippen LogP contribution in [0.4, 0.5) is 11.4 Å². The fourth-order valence-electron chi connectivity index (χ4n) is 1.39. The molecule has 7 N–H and O–H groups in total. The van der Waals surface area contributed by atoms with Crippen molar-refractivity contribution in [2.45, 2.75) is 12.5 Å². The van der Waals surface area contributed by atoms with Crippen molar-refractivity contribution in [3.8, 4) is 5.75 Å². The third-order valence-corrected chi connectivity index (χ3v) is 2.28. The summed E-state index contributed by atoms with van der Waals surface area (Å²) in [4.78, 5) is 20.8. The number of nitro benzene ring substituents is 1. The fraction of sp³-hybridized carbons (Fsp3) is 0.222. The van der Waals surface area contributed by atoms with Crippen LogP contribution in [0.1, 0.15) is 5.56 Å². The summed E-state index contributed by atoms with van der Waals surface area (Å²) in [5.41, 5.74) is 11.7. The largest absolute Gasteiger partial charge is 0.501 e. The van der Waals surface area contributed by atoms with Crippen LogP contribution in [0.5, 0.6) is 5.75 Å². The van der Waals surface area contributed by atoms with E-state index in [9.17, 15) is 20.0 Å². The number of benzene rings is 1. The van der Waals surface area contributed by atoms with Gasteiger partial charge < -0.3 is 16.6 Å². The summed E-state index contributed by atoms with van der Waals surface area (Å²) in [5, 5.41) is 28.4. The molecule has 0 radical (unpaired) electrons. The van der Waals surface area contributed by atoms with Gasteiger partial charge in [-0.2, -0.15) is 0 Å². The molecule has 0 aliphatic carbocycles. The number of aromatic hydroxyl groups is 1. The molecule has 0 unspecified atom stereocenters. The molecule has 9 nitrogen and oxygen atoms in total. The number of carbonyl (C=O) groups is 1. The SMILES string of the molecule is Nc1cc(C[C@H](N)C(=O)NO)cc([N+](=O)[O-])c1O. The van der Waals surface area contributed by atoms with Gasteiger partial charge >= 0.3 is 5.69 Å². The van der Waals surface area contributed by atoms with Gasteiger partial charge in [0.15, 0.2) is 0 Å². The lowest BCUT2D eigenvalue weighted by molar-refractivity contribution is -0.385. The Morgan fingerprint density at radius 1 is 1.56 bits per heavy atom. The van der Waals surface area contributed by atoms with Crippen molar-refractivity contribution in [1.29, 1.82) is 0 Å². The zero-order valence-corrected chi connectivity index (χ0v) is 9.16. The maximum Gasteiger partial charge on any atom is 0.313 e. The van der Waals surface area contributed by atoms with Gasteiger partial charge in [-0.3, -0.25) is 20.1 Å². The Balaban J connectivity index is 3.04. The molecule has 1 amide bonds. The molecule has 98 valence electrons. The van der Waals surface area contributed by atoms with Gasteiger partial charge in [0, 0.05) is 6.07 Å². The van der Waals surface area contributed by atoms with Gasteiger partial charge in [0.05, 0.1) is 16.7 Å². The highest BCUT2D eigenvalue weighted by atomic mass is 16.6. The molecule has 0 saturated heterocycles. The molecule has 18 heavy (non-hydrogen) atoms. The molecule has 0 bridgehead atoms. The number of phenols is 1. The number of nitrogen functional groups attached to an aromatic ring is 1. The van der Waals surface area contributed by atoms with Crippen molar-refractivity contribution >= 4 is 17.3 Å². The molecule has 1 aromatic carbocycles. The number of nitro groups is 1. The molecule has 0 aromatic heterocycles. The van der Waals surface area contributed by atoms with E-state index in [1.54, 1.807) is 0 Å². The number of phenolic OH excluding ortho intramolecular Hbond substituents is 1. The molecule has 0 spiro atoms. The topological polar surface area (TPSA) is 165 Å². The van der Waals surface area contributed by atoms with Crippen LogP contribution < -0.4 is 16.9 Å². The maximum absolute atomic E-state index is 11.0. The highest BCUT2D eigenvalue weighted by Gasteiger charge is 2.20. The van der Waals surface area contributed by atoms with Crippen molar-refractivity contribution in [2.75, 3.05) is 5.73 Å². The van der Waals surface area contributed by atoms with Crippen LogP contribution in [0.2, 0.25) is 0 Å². The minimum absolute atomic E-state index is 0.0717. The Kier molecular flexibility index (Phi) is 4.02. The second-order valence-corrected chi connectivity index (χ2v) is 3.60. The van der Waals surface area contributed by atoms with E-state index in [1.165, 1.54) is 11.5 Å². The third-order valence-electron chi connectivity index (χ3n) is 2.28. The first-order valence-corrected chi connectivity index (χ1v) is 4.82. The summed E-state index contributed by atoms with van der Waals surface area (Å²) >= 11 is 0. The van der Waals surface area contributed by atoms with Crippen LogP contribution in [0, 0.1) is 10.1 Å². The van der Waals surface area contributed by atoms with Crippen LogP contribution in [0.25, 0.3) is 0 Å². The minimum Gasteiger partial charge on any atom is -0.501 e. The lowest BCUT2D eigenvalue weighted by Crippen LogP contribution is -2.40. The number of nitrogens with one attached hydrogen (secondary N) is 1. The van der Waals surface area contributed by atoms with Crippen molar-refractivity contribution in [2.24, 2.45) is 5.73 Å². The van der Waals surface area contributed by atoms with Gasteiger partial charge in [-0.25, -0.2) is 5.48 Å². The zero-order valence-electron chi connectivity index (χ0n) is 9.16. The standard InChI is InChI=1S/C9H12N4O5/c10-5-1-4(2-6(11)9(15)12-16)3-7(8(5)14)13(17)18/h1,3,6,14,16H,2,10-11H2,(H,12,15)/t6-/m0/s1. The quantitative estimate of drug-likeness (QED) is 0.155. The van der Waals surface area contributed by atoms with E-state index in [2.05, 4.69) is 0 Å². The molecule has 0 saturated carbocycles. The first kappa shape index (κ1) is 13.7. The van der Waals surface area contributed by atoms with E-state index in [1.807, 2.05) is 0 Å². The number of nitrogens with zero attached hydrogens (tertiary/aromatic N) is 1. The van der Waals surface area contributed by atoms with E-state index >= 15 is 0 Å². The predicted molar refractivity (Wildman–Crippen MR) is 60.8 cm³/mol. The fourth-order valence-corrected chi connectivity index (χ4v) is 1.39. The van der Waals surface area contributed by atoms with Crippen LogP contribution in [-0.4, -0.2) is 27.2 Å². The highest BCUT2D eigenvalue weighted by molar-refractivity contribution is 5.80. The van der Waals surface area contributed by atoms with Gasteiger partial charge in [0.2, 0.25) is 5.75 Å². The second kappa shape index (κ2) is 5.29. The Bertz CT molecular complexity index is 490. The van der Waals surface area contributed by atoms with Crippen LogP contribution in [0.15, 0.2) is 12.1 Å². The van der Waals surface area contributed by atoms with E-state index in [-0.39, 0.29) is 12.1 Å². The monoisotopic (exact) mass is 256 g/mol. The summed E-state index contributed by atoms with van der Waals surface area (Å²) < 4.78 is 0. The van der Waals surface area contributed by atoms with Gasteiger partial charge in [-0.15, -0.1) is 0 Å². The molecule has 0 heterocycles. The number of hydrogen-bond acceptors (Lipinski definition) is 7. The number of nitrogens with two attached hydrogens (primary N) is 2. The molecule has 0 aliphatic rings. The first-order valence-electron chi connectivity index (χ1n) is 4.82. The van der Waals surface area contributed by atoms with Crippen molar-refractivity contribution in [1.82, 2.24) is 5.48 Å². The number of hydroxylamine groups is 1. The number of anilines is 1. The van der Waals surface area contributed by atoms with Gasteiger partial charge in [0.1, 0.15) is 0 Å². The Morgan fingerprint density at radius 2 is 2.17 bits per heavy atom. The smallest absolute Gasteiger partial charge is 0.313 e. The number of hydrogen-bond donors (Lipinski definition) is 5. The van der Waals surface area contributed by atoms with Crippen molar-refractivity contribution in [3.05, 3.63) is 27.8 Å². The number of rotatable bonds is 4. The summed E-state index contributed by atoms with van der Waals surface area (Å²) in [5.74, 6) is -1.46. The normalized spacial score (nSPS) is 11.9. The van der Waals surface area contributed by atoms with Crippen LogP contribution in [0.3, 0.4) is 0 Å². The average molecular weight is 256 g/mol. The molecule has 1 rings (SSSR count). The van der Waals surface area contributed by atoms with Crippen molar-refractivity contribution in [3.63, 3.8) is 0 Å². The van der Waals surface area contributed by atoms with Crippen LogP contribution in [-0.2, 0) is 11.2 Å². The molecule has 0 aliphatic heterocycles. The van der Waals surface area contributed by atoms with E-state index in [0.717, 1.165) is 6.07 Å². The van der Waals surface area contributed by atoms with Gasteiger partial charge in [-0.1, -0.05) is 0 Å². The zero-order chi connectivity index (χ0) is 13.9. The third kappa shape index (κ3) is 2.84. The Labute approximate surface area is 101 Å². The summed E-state index contributed by atoms with van der Waals surface area (Å²) in [7, 11) is 0. The molecule has 0 fully saturated rings. The summed E-state index contributed by atoms with van der Waals surface area (Å²) in [6, 6.07) is 1.25. The minimum atomic E-state index is -1.08. The molecular weight excluding hydrogens is 244 g/mol. The van der Waals surface area contributed by atoms with Gasteiger partial charge in [0.25, 0.3) is 5.91 Å². The lowest BCUT2D eigenvalue weighted by Gasteiger charge is -2.10. The summed E-state index contributed by atoms with van der Waals surface area (Å²) in [6.45, 7) is 0. The predicted octanol–water partition coefficient (Wildman–Crippen LogP) is -0.742. The van der Waals surface area contributed by atoms with E-state index < -0.39 is 28.3 Å². The van der Waals surface area contributed by atoms with Crippen molar-refractivity contribution < 1.29 is 20.0 Å². The maximum atomic E-state index is 11.0. The second-order valence-electron chi connectivity index (χ2n) is 3.60. The van der Waals surface area contributed by atoms with Crippen LogP contribution >= 0.6 is 0 Å². The Morgan fingerprint density at radius 3 is 2.67 bits per heavy atom.